The Hall–Kier alpha value is -1.55. The number of aliphatic imine (C=N–C) groups is 1. The summed E-state index contributed by atoms with van der Waals surface area (Å²) in [5.41, 5.74) is 3.70. The number of hydrogen-bond donors (Lipinski definition) is 2. The van der Waals surface area contributed by atoms with E-state index in [0.717, 1.165) is 31.0 Å². The average molecular weight is 276 g/mol. The minimum Gasteiger partial charge on any atom is -0.338 e. The molecule has 4 heteroatoms. The molecule has 1 aromatic carbocycles. The molecule has 112 valence electrons. The highest BCUT2D eigenvalue weighted by atomic mass is 15.4. The molecule has 0 amide bonds. The summed E-state index contributed by atoms with van der Waals surface area (Å²) in [7, 11) is 0. The smallest absolute Gasteiger partial charge is 0.213 e. The lowest BCUT2D eigenvalue weighted by atomic mass is 10.1. The third-order valence-electron chi connectivity index (χ3n) is 3.34. The molecule has 0 aliphatic heterocycles. The SMILES string of the molecule is CCC(CC)N(CC(C)C)C(=Nc1ccccc1)NN. The maximum absolute atomic E-state index is 5.72. The molecule has 0 fully saturated rings. The van der Waals surface area contributed by atoms with Gasteiger partial charge < -0.3 is 4.90 Å². The van der Waals surface area contributed by atoms with E-state index in [1.807, 2.05) is 30.3 Å². The Morgan fingerprint density at radius 3 is 2.25 bits per heavy atom. The van der Waals surface area contributed by atoms with Gasteiger partial charge in [0.2, 0.25) is 5.96 Å². The summed E-state index contributed by atoms with van der Waals surface area (Å²) in [5, 5.41) is 0. The zero-order chi connectivity index (χ0) is 15.0. The molecule has 3 N–H and O–H groups in total. The fraction of sp³-hybridized carbons (Fsp3) is 0.562. The summed E-state index contributed by atoms with van der Waals surface area (Å²) in [5.74, 6) is 7.03. The Morgan fingerprint density at radius 1 is 1.20 bits per heavy atom. The van der Waals surface area contributed by atoms with Crippen LogP contribution in [-0.4, -0.2) is 23.4 Å². The van der Waals surface area contributed by atoms with Crippen molar-refractivity contribution in [2.75, 3.05) is 6.54 Å². The van der Waals surface area contributed by atoms with Crippen molar-refractivity contribution in [2.24, 2.45) is 16.8 Å². The van der Waals surface area contributed by atoms with E-state index < -0.39 is 0 Å². The van der Waals surface area contributed by atoms with Crippen molar-refractivity contribution in [3.63, 3.8) is 0 Å². The molecule has 4 nitrogen and oxygen atoms in total. The van der Waals surface area contributed by atoms with E-state index in [4.69, 9.17) is 5.84 Å². The van der Waals surface area contributed by atoms with E-state index in [1.54, 1.807) is 0 Å². The van der Waals surface area contributed by atoms with E-state index in [9.17, 15) is 0 Å². The molecule has 20 heavy (non-hydrogen) atoms. The molecule has 0 aliphatic carbocycles. The minimum atomic E-state index is 0.455. The number of hydrazine groups is 1. The van der Waals surface area contributed by atoms with Gasteiger partial charge in [-0.3, -0.25) is 5.43 Å². The Bertz CT molecular complexity index is 396. The third-order valence-corrected chi connectivity index (χ3v) is 3.34. The second-order valence-corrected chi connectivity index (χ2v) is 5.43. The van der Waals surface area contributed by atoms with Crippen molar-refractivity contribution in [3.05, 3.63) is 30.3 Å². The van der Waals surface area contributed by atoms with Crippen molar-refractivity contribution in [3.8, 4) is 0 Å². The highest BCUT2D eigenvalue weighted by Gasteiger charge is 2.19. The maximum Gasteiger partial charge on any atom is 0.213 e. The molecular formula is C16H28N4. The molecule has 0 bridgehead atoms. The monoisotopic (exact) mass is 276 g/mol. The molecule has 0 saturated carbocycles. The van der Waals surface area contributed by atoms with Crippen LogP contribution >= 0.6 is 0 Å². The first-order valence-electron chi connectivity index (χ1n) is 7.49. The largest absolute Gasteiger partial charge is 0.338 e. The van der Waals surface area contributed by atoms with Gasteiger partial charge in [0, 0.05) is 12.6 Å². The second-order valence-electron chi connectivity index (χ2n) is 5.43. The van der Waals surface area contributed by atoms with Crippen LogP contribution in [0, 0.1) is 5.92 Å². The van der Waals surface area contributed by atoms with E-state index in [2.05, 4.69) is 43.0 Å². The minimum absolute atomic E-state index is 0.455. The van der Waals surface area contributed by atoms with Gasteiger partial charge in [-0.25, -0.2) is 10.8 Å². The molecule has 0 spiro atoms. The second kappa shape index (κ2) is 8.59. The molecule has 0 aliphatic rings. The van der Waals surface area contributed by atoms with Crippen molar-refractivity contribution in [2.45, 2.75) is 46.6 Å². The molecule has 1 rings (SSSR count). The van der Waals surface area contributed by atoms with E-state index >= 15 is 0 Å². The Kier molecular flexibility index (Phi) is 7.09. The number of benzene rings is 1. The Labute approximate surface area is 123 Å². The van der Waals surface area contributed by atoms with Crippen molar-refractivity contribution in [1.29, 1.82) is 0 Å². The van der Waals surface area contributed by atoms with Gasteiger partial charge in [-0.1, -0.05) is 45.9 Å². The number of nitrogens with two attached hydrogens (primary N) is 1. The van der Waals surface area contributed by atoms with Crippen LogP contribution in [0.4, 0.5) is 5.69 Å². The summed E-state index contributed by atoms with van der Waals surface area (Å²) in [6.07, 6.45) is 2.16. The summed E-state index contributed by atoms with van der Waals surface area (Å²) < 4.78 is 0. The van der Waals surface area contributed by atoms with Gasteiger partial charge in [-0.2, -0.15) is 0 Å². The fourth-order valence-electron chi connectivity index (χ4n) is 2.34. The predicted octanol–water partition coefficient (Wildman–Crippen LogP) is 3.28. The summed E-state index contributed by atoms with van der Waals surface area (Å²) in [6.45, 7) is 9.79. The van der Waals surface area contributed by atoms with Gasteiger partial charge in [-0.15, -0.1) is 0 Å². The molecule has 0 heterocycles. The molecule has 0 atom stereocenters. The molecule has 0 unspecified atom stereocenters. The number of nitrogens with one attached hydrogen (secondary N) is 1. The van der Waals surface area contributed by atoms with Crippen molar-refractivity contribution >= 4 is 11.6 Å². The van der Waals surface area contributed by atoms with Gasteiger partial charge in [0.05, 0.1) is 5.69 Å². The van der Waals surface area contributed by atoms with Gasteiger partial charge in [0.1, 0.15) is 0 Å². The highest BCUT2D eigenvalue weighted by molar-refractivity contribution is 5.82. The number of guanidine groups is 1. The highest BCUT2D eigenvalue weighted by Crippen LogP contribution is 2.15. The first-order chi connectivity index (χ1) is 9.62. The molecule has 0 radical (unpaired) electrons. The zero-order valence-corrected chi connectivity index (χ0v) is 13.1. The topological polar surface area (TPSA) is 53.6 Å². The van der Waals surface area contributed by atoms with Gasteiger partial charge in [-0.05, 0) is 30.9 Å². The van der Waals surface area contributed by atoms with Gasteiger partial charge in [0.15, 0.2) is 0 Å². The van der Waals surface area contributed by atoms with Crippen LogP contribution in [0.2, 0.25) is 0 Å². The summed E-state index contributed by atoms with van der Waals surface area (Å²) in [4.78, 5) is 6.94. The van der Waals surface area contributed by atoms with Crippen LogP contribution in [0.3, 0.4) is 0 Å². The Balaban J connectivity index is 3.04. The first kappa shape index (κ1) is 16.5. The average Bonchev–Trinajstić information content (AvgIpc) is 2.45. The van der Waals surface area contributed by atoms with Crippen LogP contribution < -0.4 is 11.3 Å². The number of nitrogens with zero attached hydrogens (tertiary/aromatic N) is 2. The summed E-state index contributed by atoms with van der Waals surface area (Å²) >= 11 is 0. The molecule has 0 aromatic heterocycles. The molecule has 0 saturated heterocycles. The fourth-order valence-corrected chi connectivity index (χ4v) is 2.34. The first-order valence-corrected chi connectivity index (χ1v) is 7.49. The van der Waals surface area contributed by atoms with Crippen LogP contribution in [0.15, 0.2) is 35.3 Å². The van der Waals surface area contributed by atoms with Crippen molar-refractivity contribution < 1.29 is 0 Å². The predicted molar refractivity (Wildman–Crippen MR) is 86.8 cm³/mol. The lowest BCUT2D eigenvalue weighted by Crippen LogP contribution is -2.50. The number of rotatable bonds is 6. The maximum atomic E-state index is 5.72. The van der Waals surface area contributed by atoms with E-state index in [1.165, 1.54) is 0 Å². The number of hydrogen-bond acceptors (Lipinski definition) is 2. The van der Waals surface area contributed by atoms with Crippen LogP contribution in [0.5, 0.6) is 0 Å². The Morgan fingerprint density at radius 2 is 1.80 bits per heavy atom. The molecule has 1 aromatic rings. The van der Waals surface area contributed by atoms with Crippen LogP contribution in [0.1, 0.15) is 40.5 Å². The zero-order valence-electron chi connectivity index (χ0n) is 13.1. The molecular weight excluding hydrogens is 248 g/mol. The van der Waals surface area contributed by atoms with Crippen LogP contribution in [-0.2, 0) is 0 Å². The van der Waals surface area contributed by atoms with Crippen LogP contribution in [0.25, 0.3) is 0 Å². The normalized spacial score (nSPS) is 12.1. The van der Waals surface area contributed by atoms with E-state index in [0.29, 0.717) is 12.0 Å². The standard InChI is InChI=1S/C16H28N4/c1-5-15(6-2)20(12-13(3)4)16(19-17)18-14-10-8-7-9-11-14/h7-11,13,15H,5-6,12,17H2,1-4H3,(H,18,19). The van der Waals surface area contributed by atoms with Crippen molar-refractivity contribution in [1.82, 2.24) is 10.3 Å². The summed E-state index contributed by atoms with van der Waals surface area (Å²) in [6, 6.07) is 10.4. The quantitative estimate of drug-likeness (QED) is 0.363. The number of para-hydroxylation sites is 1. The lowest BCUT2D eigenvalue weighted by Gasteiger charge is -2.34. The third kappa shape index (κ3) is 4.85. The van der Waals surface area contributed by atoms with Gasteiger partial charge >= 0.3 is 0 Å². The lowest BCUT2D eigenvalue weighted by molar-refractivity contribution is 0.259. The van der Waals surface area contributed by atoms with Gasteiger partial charge in [0.25, 0.3) is 0 Å². The van der Waals surface area contributed by atoms with E-state index in [-0.39, 0.29) is 0 Å².